The molecule has 1 rings (SSSR count). The molecule has 0 radical (unpaired) electrons. The van der Waals surface area contributed by atoms with Crippen LogP contribution in [0.4, 0.5) is 0 Å². The molecule has 3 nitrogen and oxygen atoms in total. The summed E-state index contributed by atoms with van der Waals surface area (Å²) in [5.41, 5.74) is 0.515. The second kappa shape index (κ2) is 6.97. The van der Waals surface area contributed by atoms with Gasteiger partial charge in [-0.05, 0) is 32.4 Å². The second-order valence-corrected chi connectivity index (χ2v) is 4.96. The van der Waals surface area contributed by atoms with Crippen molar-refractivity contribution in [2.24, 2.45) is 5.41 Å². The van der Waals surface area contributed by atoms with Crippen LogP contribution in [-0.2, 0) is 4.79 Å². The first kappa shape index (κ1) is 14.5. The maximum Gasteiger partial charge on any atom is 0.309 e. The van der Waals surface area contributed by atoms with Gasteiger partial charge in [0, 0.05) is 6.54 Å². The van der Waals surface area contributed by atoms with Gasteiger partial charge >= 0.3 is 5.97 Å². The fraction of sp³-hybridized carbons (Fsp3) is 0.400. The number of hydrogen-bond donors (Lipinski definition) is 2. The van der Waals surface area contributed by atoms with Crippen molar-refractivity contribution in [3.05, 3.63) is 42.0 Å². The third-order valence-electron chi connectivity index (χ3n) is 2.88. The largest absolute Gasteiger partial charge is 0.481 e. The standard InChI is InChI=1S/C15H21NO2/c1-15(2,14(17)18)10-12-16-11-6-9-13-7-4-3-5-8-13/h3-9,16H,10-12H2,1-2H3,(H,17,18)/b9-6+. The molecule has 0 heterocycles. The van der Waals surface area contributed by atoms with Gasteiger partial charge in [0.1, 0.15) is 0 Å². The average Bonchev–Trinajstić information content (AvgIpc) is 2.34. The van der Waals surface area contributed by atoms with E-state index in [1.807, 2.05) is 36.4 Å². The zero-order valence-corrected chi connectivity index (χ0v) is 11.0. The van der Waals surface area contributed by atoms with E-state index in [1.165, 1.54) is 5.56 Å². The van der Waals surface area contributed by atoms with Gasteiger partial charge in [0.25, 0.3) is 0 Å². The highest BCUT2D eigenvalue weighted by atomic mass is 16.4. The van der Waals surface area contributed by atoms with Crippen molar-refractivity contribution in [1.82, 2.24) is 5.32 Å². The van der Waals surface area contributed by atoms with E-state index in [0.29, 0.717) is 13.0 Å². The van der Waals surface area contributed by atoms with Crippen molar-refractivity contribution in [2.45, 2.75) is 20.3 Å². The highest BCUT2D eigenvalue weighted by molar-refractivity contribution is 5.73. The summed E-state index contributed by atoms with van der Waals surface area (Å²) >= 11 is 0. The third-order valence-corrected chi connectivity index (χ3v) is 2.88. The number of hydrogen-bond acceptors (Lipinski definition) is 2. The number of carboxylic acid groups (broad SMARTS) is 1. The maximum absolute atomic E-state index is 10.9. The van der Waals surface area contributed by atoms with E-state index in [9.17, 15) is 4.79 Å². The fourth-order valence-electron chi connectivity index (χ4n) is 1.45. The quantitative estimate of drug-likeness (QED) is 0.728. The molecule has 3 heteroatoms. The molecule has 0 unspecified atom stereocenters. The molecule has 1 aromatic rings. The lowest BCUT2D eigenvalue weighted by Crippen LogP contribution is -2.29. The monoisotopic (exact) mass is 247 g/mol. The Morgan fingerprint density at radius 2 is 2.00 bits per heavy atom. The van der Waals surface area contributed by atoms with Crippen LogP contribution in [0.1, 0.15) is 25.8 Å². The van der Waals surface area contributed by atoms with Gasteiger partial charge < -0.3 is 10.4 Å². The first-order valence-electron chi connectivity index (χ1n) is 6.18. The molecule has 0 saturated carbocycles. The molecule has 98 valence electrons. The highest BCUT2D eigenvalue weighted by Gasteiger charge is 2.25. The molecule has 0 bridgehead atoms. The van der Waals surface area contributed by atoms with E-state index in [1.54, 1.807) is 13.8 Å². The lowest BCUT2D eigenvalue weighted by Gasteiger charge is -2.18. The molecule has 1 aromatic carbocycles. The van der Waals surface area contributed by atoms with E-state index in [2.05, 4.69) is 11.4 Å². The summed E-state index contributed by atoms with van der Waals surface area (Å²) in [5, 5.41) is 12.2. The SMILES string of the molecule is CC(C)(CCNC/C=C/c1ccccc1)C(=O)O. The predicted molar refractivity (Wildman–Crippen MR) is 74.4 cm³/mol. The zero-order chi connectivity index (χ0) is 13.4. The molecule has 0 aliphatic rings. The first-order chi connectivity index (χ1) is 8.52. The van der Waals surface area contributed by atoms with Gasteiger partial charge in [0.15, 0.2) is 0 Å². The number of carbonyl (C=O) groups is 1. The van der Waals surface area contributed by atoms with Gasteiger partial charge in [-0.15, -0.1) is 0 Å². The van der Waals surface area contributed by atoms with Crippen LogP contribution in [0.2, 0.25) is 0 Å². The van der Waals surface area contributed by atoms with Crippen molar-refractivity contribution >= 4 is 12.0 Å². The molecule has 0 spiro atoms. The normalized spacial score (nSPS) is 11.9. The van der Waals surface area contributed by atoms with E-state index < -0.39 is 11.4 Å². The van der Waals surface area contributed by atoms with E-state index in [0.717, 1.165) is 6.54 Å². The summed E-state index contributed by atoms with van der Waals surface area (Å²) in [5.74, 6) is -0.746. The number of nitrogens with one attached hydrogen (secondary N) is 1. The van der Waals surface area contributed by atoms with Gasteiger partial charge in [0.05, 0.1) is 5.41 Å². The number of benzene rings is 1. The Morgan fingerprint density at radius 1 is 1.33 bits per heavy atom. The molecule has 0 saturated heterocycles. The minimum absolute atomic E-state index is 0.626. The van der Waals surface area contributed by atoms with Crippen LogP contribution in [0.15, 0.2) is 36.4 Å². The lowest BCUT2D eigenvalue weighted by atomic mass is 9.90. The minimum Gasteiger partial charge on any atom is -0.481 e. The van der Waals surface area contributed by atoms with Crippen LogP contribution < -0.4 is 5.32 Å². The summed E-state index contributed by atoms with van der Waals surface area (Å²) < 4.78 is 0. The molecular formula is C15H21NO2. The van der Waals surface area contributed by atoms with Gasteiger partial charge in [-0.25, -0.2) is 0 Å². The smallest absolute Gasteiger partial charge is 0.309 e. The summed E-state index contributed by atoms with van der Waals surface area (Å²) in [7, 11) is 0. The Hall–Kier alpha value is -1.61. The number of rotatable bonds is 7. The van der Waals surface area contributed by atoms with Crippen molar-refractivity contribution in [2.75, 3.05) is 13.1 Å². The molecule has 0 aliphatic heterocycles. The van der Waals surface area contributed by atoms with E-state index >= 15 is 0 Å². The van der Waals surface area contributed by atoms with E-state index in [-0.39, 0.29) is 0 Å². The Balaban J connectivity index is 2.20. The Bertz CT molecular complexity index is 396. The van der Waals surface area contributed by atoms with Crippen molar-refractivity contribution in [1.29, 1.82) is 0 Å². The minimum atomic E-state index is -0.746. The molecule has 0 amide bonds. The van der Waals surface area contributed by atoms with E-state index in [4.69, 9.17) is 5.11 Å². The van der Waals surface area contributed by atoms with Gasteiger partial charge in [-0.2, -0.15) is 0 Å². The van der Waals surface area contributed by atoms with Crippen LogP contribution in [0.5, 0.6) is 0 Å². The van der Waals surface area contributed by atoms with Crippen LogP contribution >= 0.6 is 0 Å². The Kier molecular flexibility index (Phi) is 5.59. The summed E-state index contributed by atoms with van der Waals surface area (Å²) in [6, 6.07) is 10.1. The fourth-order valence-corrected chi connectivity index (χ4v) is 1.45. The zero-order valence-electron chi connectivity index (χ0n) is 11.0. The number of carboxylic acids is 1. The van der Waals surface area contributed by atoms with Crippen molar-refractivity contribution < 1.29 is 9.90 Å². The first-order valence-corrected chi connectivity index (χ1v) is 6.18. The highest BCUT2D eigenvalue weighted by Crippen LogP contribution is 2.19. The lowest BCUT2D eigenvalue weighted by molar-refractivity contribution is -0.147. The predicted octanol–water partition coefficient (Wildman–Crippen LogP) is 2.79. The van der Waals surface area contributed by atoms with Gasteiger partial charge in [-0.1, -0.05) is 42.5 Å². The van der Waals surface area contributed by atoms with Crippen LogP contribution in [0, 0.1) is 5.41 Å². The van der Waals surface area contributed by atoms with Crippen LogP contribution in [0.25, 0.3) is 6.08 Å². The molecule has 18 heavy (non-hydrogen) atoms. The third kappa shape index (κ3) is 5.15. The number of aliphatic carboxylic acids is 1. The second-order valence-electron chi connectivity index (χ2n) is 4.96. The molecule has 0 aromatic heterocycles. The molecular weight excluding hydrogens is 226 g/mol. The summed E-state index contributed by atoms with van der Waals surface area (Å²) in [4.78, 5) is 10.9. The van der Waals surface area contributed by atoms with Crippen molar-refractivity contribution in [3.63, 3.8) is 0 Å². The molecule has 0 aliphatic carbocycles. The maximum atomic E-state index is 10.9. The summed E-state index contributed by atoms with van der Waals surface area (Å²) in [6.07, 6.45) is 4.72. The van der Waals surface area contributed by atoms with Crippen LogP contribution in [0.3, 0.4) is 0 Å². The van der Waals surface area contributed by atoms with Crippen LogP contribution in [-0.4, -0.2) is 24.2 Å². The summed E-state index contributed by atoms with van der Waals surface area (Å²) in [6.45, 7) is 4.96. The van der Waals surface area contributed by atoms with Gasteiger partial charge in [0.2, 0.25) is 0 Å². The topological polar surface area (TPSA) is 49.3 Å². The average molecular weight is 247 g/mol. The van der Waals surface area contributed by atoms with Gasteiger partial charge in [-0.3, -0.25) is 4.79 Å². The Labute approximate surface area is 109 Å². The Morgan fingerprint density at radius 3 is 2.61 bits per heavy atom. The molecule has 0 atom stereocenters. The molecule has 2 N–H and O–H groups in total. The van der Waals surface area contributed by atoms with Crippen molar-refractivity contribution in [3.8, 4) is 0 Å². The molecule has 0 fully saturated rings.